The Labute approximate surface area is 202 Å². The van der Waals surface area contributed by atoms with E-state index in [-0.39, 0.29) is 11.2 Å². The van der Waals surface area contributed by atoms with Crippen molar-refractivity contribution < 1.29 is 9.53 Å². The van der Waals surface area contributed by atoms with Crippen molar-refractivity contribution in [1.29, 1.82) is 0 Å². The smallest absolute Gasteiger partial charge is 0.252 e. The molecule has 5 rings (SSSR count). The number of amides is 1. The molecule has 3 heterocycles. The van der Waals surface area contributed by atoms with Gasteiger partial charge in [0.15, 0.2) is 0 Å². The molecule has 4 aromatic rings. The number of fused-ring (bicyclic) bond motifs is 1. The van der Waals surface area contributed by atoms with Crippen LogP contribution in [-0.4, -0.2) is 31.4 Å². The molecule has 0 saturated heterocycles. The molecule has 172 valence electrons. The van der Waals surface area contributed by atoms with Gasteiger partial charge in [0.1, 0.15) is 18.2 Å². The van der Waals surface area contributed by atoms with Gasteiger partial charge in [-0.05, 0) is 50.1 Å². The number of rotatable bonds is 5. The minimum Gasteiger partial charge on any atom is -0.489 e. The number of hydrogen-bond donors (Lipinski definition) is 1. The van der Waals surface area contributed by atoms with E-state index in [2.05, 4.69) is 27.4 Å². The Morgan fingerprint density at radius 3 is 2.44 bits per heavy atom. The summed E-state index contributed by atoms with van der Waals surface area (Å²) in [6, 6.07) is 20.1. The molecule has 1 unspecified atom stereocenters. The largest absolute Gasteiger partial charge is 0.489 e. The first-order chi connectivity index (χ1) is 16.5. The van der Waals surface area contributed by atoms with Crippen LogP contribution in [0.3, 0.4) is 0 Å². The second-order valence-corrected chi connectivity index (χ2v) is 9.39. The van der Waals surface area contributed by atoms with Crippen LogP contribution in [0.5, 0.6) is 5.75 Å². The van der Waals surface area contributed by atoms with Gasteiger partial charge in [-0.1, -0.05) is 42.5 Å². The minimum atomic E-state index is -0.0675. The molecule has 0 fully saturated rings. The van der Waals surface area contributed by atoms with E-state index in [0.29, 0.717) is 24.1 Å². The van der Waals surface area contributed by atoms with Gasteiger partial charge >= 0.3 is 0 Å². The first kappa shape index (κ1) is 22.2. The molecule has 2 aromatic carbocycles. The molecule has 1 aliphatic heterocycles. The zero-order chi connectivity index (χ0) is 23.7. The van der Waals surface area contributed by atoms with E-state index in [1.54, 1.807) is 16.4 Å². The average Bonchev–Trinajstić information content (AvgIpc) is 3.03. The highest BCUT2D eigenvalue weighted by atomic mass is 32.2. The van der Waals surface area contributed by atoms with E-state index >= 15 is 0 Å². The van der Waals surface area contributed by atoms with Crippen molar-refractivity contribution >= 4 is 23.5 Å². The Balaban J connectivity index is 1.47. The van der Waals surface area contributed by atoms with Gasteiger partial charge in [-0.3, -0.25) is 4.79 Å². The van der Waals surface area contributed by atoms with Crippen molar-refractivity contribution in [2.45, 2.75) is 32.6 Å². The Bertz CT molecular complexity index is 1320. The van der Waals surface area contributed by atoms with Crippen LogP contribution >= 0.6 is 11.8 Å². The van der Waals surface area contributed by atoms with Gasteiger partial charge in [0.2, 0.25) is 5.91 Å². The monoisotopic (exact) mass is 471 g/mol. The van der Waals surface area contributed by atoms with Crippen molar-refractivity contribution in [3.63, 3.8) is 0 Å². The Morgan fingerprint density at radius 2 is 1.74 bits per heavy atom. The highest BCUT2D eigenvalue weighted by Crippen LogP contribution is 2.43. The van der Waals surface area contributed by atoms with Gasteiger partial charge in [0.05, 0.1) is 16.7 Å². The molecule has 34 heavy (non-hydrogen) atoms. The number of anilines is 1. The maximum Gasteiger partial charge on any atom is 0.252 e. The molecular formula is C26H25N5O2S. The summed E-state index contributed by atoms with van der Waals surface area (Å²) in [5.74, 6) is 2.17. The number of carbonyl (C=O) groups is 1. The molecule has 0 spiro atoms. The third-order valence-electron chi connectivity index (χ3n) is 5.60. The summed E-state index contributed by atoms with van der Waals surface area (Å²) in [5, 5.41) is 7.69. The zero-order valence-electron chi connectivity index (χ0n) is 19.3. The summed E-state index contributed by atoms with van der Waals surface area (Å²) < 4.78 is 7.60. The third-order valence-corrected chi connectivity index (χ3v) is 6.87. The lowest BCUT2D eigenvalue weighted by atomic mass is 10.0. The summed E-state index contributed by atoms with van der Waals surface area (Å²) in [6.07, 6.45) is 0. The van der Waals surface area contributed by atoms with E-state index < -0.39 is 0 Å². The molecule has 1 amide bonds. The van der Waals surface area contributed by atoms with Gasteiger partial charge in [-0.25, -0.2) is 9.97 Å². The van der Waals surface area contributed by atoms with Crippen LogP contribution in [0.25, 0.3) is 5.95 Å². The standard InChI is InChI=1S/C26H25N5O2S/c1-16-13-17(2)28-26(27-16)31-25-23(18(3)30-31)24(34-15-22(32)29-25)20-9-11-21(12-10-20)33-14-19-7-5-4-6-8-19/h4-13,24H,14-15H2,1-3H3,(H,29,32). The van der Waals surface area contributed by atoms with Crippen molar-refractivity contribution in [1.82, 2.24) is 19.7 Å². The normalized spacial score (nSPS) is 15.4. The quantitative estimate of drug-likeness (QED) is 0.444. The van der Waals surface area contributed by atoms with E-state index in [4.69, 9.17) is 9.84 Å². The number of benzene rings is 2. The summed E-state index contributed by atoms with van der Waals surface area (Å²) in [5.41, 5.74) is 5.71. The number of nitrogens with one attached hydrogen (secondary N) is 1. The van der Waals surface area contributed by atoms with Gasteiger partial charge in [0.25, 0.3) is 5.95 Å². The topological polar surface area (TPSA) is 81.9 Å². The molecule has 2 aromatic heterocycles. The predicted octanol–water partition coefficient (Wildman–Crippen LogP) is 4.94. The van der Waals surface area contributed by atoms with Crippen LogP contribution in [0.2, 0.25) is 0 Å². The van der Waals surface area contributed by atoms with E-state index in [0.717, 1.165) is 39.5 Å². The minimum absolute atomic E-state index is 0.0585. The van der Waals surface area contributed by atoms with Crippen LogP contribution in [0.1, 0.15) is 39.0 Å². The van der Waals surface area contributed by atoms with Gasteiger partial charge in [-0.15, -0.1) is 11.8 Å². The van der Waals surface area contributed by atoms with Crippen molar-refractivity contribution in [2.75, 3.05) is 11.1 Å². The number of ether oxygens (including phenoxy) is 1. The number of nitrogens with zero attached hydrogens (tertiary/aromatic N) is 4. The first-order valence-electron chi connectivity index (χ1n) is 11.1. The summed E-state index contributed by atoms with van der Waals surface area (Å²) in [7, 11) is 0. The maximum absolute atomic E-state index is 12.6. The molecule has 0 saturated carbocycles. The molecule has 1 atom stereocenters. The van der Waals surface area contributed by atoms with Crippen LogP contribution in [0, 0.1) is 20.8 Å². The van der Waals surface area contributed by atoms with Crippen molar-refractivity contribution in [2.24, 2.45) is 0 Å². The SMILES string of the molecule is Cc1cc(C)nc(-n2nc(C)c3c2NC(=O)CSC3c2ccc(OCc3ccccc3)cc2)n1. The number of carbonyl (C=O) groups excluding carboxylic acids is 1. The molecule has 1 aliphatic rings. The second kappa shape index (κ2) is 9.30. The summed E-state index contributed by atoms with van der Waals surface area (Å²) >= 11 is 1.59. The molecular weight excluding hydrogens is 446 g/mol. The zero-order valence-corrected chi connectivity index (χ0v) is 20.1. The van der Waals surface area contributed by atoms with Gasteiger partial charge < -0.3 is 10.1 Å². The lowest BCUT2D eigenvalue weighted by Gasteiger charge is -2.16. The van der Waals surface area contributed by atoms with Gasteiger partial charge in [-0.2, -0.15) is 9.78 Å². The number of aromatic nitrogens is 4. The molecule has 8 heteroatoms. The highest BCUT2D eigenvalue weighted by molar-refractivity contribution is 8.00. The van der Waals surface area contributed by atoms with Crippen LogP contribution in [0.4, 0.5) is 5.82 Å². The predicted molar refractivity (Wildman–Crippen MR) is 134 cm³/mol. The Hall–Kier alpha value is -3.65. The van der Waals surface area contributed by atoms with Crippen molar-refractivity contribution in [3.8, 4) is 11.7 Å². The number of hydrogen-bond acceptors (Lipinski definition) is 6. The average molecular weight is 472 g/mol. The van der Waals surface area contributed by atoms with Gasteiger partial charge in [0, 0.05) is 17.0 Å². The van der Waals surface area contributed by atoms with E-state index in [1.165, 1.54) is 0 Å². The fourth-order valence-corrected chi connectivity index (χ4v) is 5.26. The summed E-state index contributed by atoms with van der Waals surface area (Å²) in [6.45, 7) is 6.32. The van der Waals surface area contributed by atoms with Crippen LogP contribution in [-0.2, 0) is 11.4 Å². The van der Waals surface area contributed by atoms with E-state index in [9.17, 15) is 4.79 Å². The first-order valence-corrected chi connectivity index (χ1v) is 12.1. The third kappa shape index (κ3) is 4.54. The second-order valence-electron chi connectivity index (χ2n) is 8.29. The Kier molecular flexibility index (Phi) is 6.06. The number of thioether (sulfide) groups is 1. The van der Waals surface area contributed by atoms with Crippen LogP contribution in [0.15, 0.2) is 60.7 Å². The van der Waals surface area contributed by atoms with E-state index in [1.807, 2.05) is 69.3 Å². The molecule has 0 radical (unpaired) electrons. The lowest BCUT2D eigenvalue weighted by molar-refractivity contribution is -0.113. The summed E-state index contributed by atoms with van der Waals surface area (Å²) in [4.78, 5) is 21.7. The molecule has 0 aliphatic carbocycles. The highest BCUT2D eigenvalue weighted by Gasteiger charge is 2.31. The van der Waals surface area contributed by atoms with Crippen molar-refractivity contribution in [3.05, 3.63) is 94.4 Å². The lowest BCUT2D eigenvalue weighted by Crippen LogP contribution is -2.17. The Morgan fingerprint density at radius 1 is 1.03 bits per heavy atom. The number of aryl methyl sites for hydroxylation is 3. The molecule has 0 bridgehead atoms. The molecule has 1 N–H and O–H groups in total. The fraction of sp³-hybridized carbons (Fsp3) is 0.231. The fourth-order valence-electron chi connectivity index (χ4n) is 4.07. The molecule has 7 nitrogen and oxygen atoms in total. The maximum atomic E-state index is 12.6. The van der Waals surface area contributed by atoms with Crippen LogP contribution < -0.4 is 10.1 Å².